The van der Waals surface area contributed by atoms with E-state index in [9.17, 15) is 0 Å². The van der Waals surface area contributed by atoms with Crippen molar-refractivity contribution >= 4 is 17.4 Å². The molecule has 0 aliphatic heterocycles. The van der Waals surface area contributed by atoms with Crippen molar-refractivity contribution in [2.75, 3.05) is 25.0 Å². The molecule has 4 heteroatoms. The van der Waals surface area contributed by atoms with Crippen molar-refractivity contribution in [3.05, 3.63) is 22.8 Å². The first kappa shape index (κ1) is 17.3. The van der Waals surface area contributed by atoms with Gasteiger partial charge in [0.25, 0.3) is 0 Å². The van der Waals surface area contributed by atoms with Gasteiger partial charge in [-0.3, -0.25) is 0 Å². The number of anilines is 1. The molecular formula is C16H28ClN3. The van der Waals surface area contributed by atoms with Crippen LogP contribution >= 0.6 is 11.6 Å². The van der Waals surface area contributed by atoms with Gasteiger partial charge in [-0.1, -0.05) is 39.3 Å². The van der Waals surface area contributed by atoms with Crippen LogP contribution in [0.3, 0.4) is 0 Å². The molecule has 1 aromatic rings. The van der Waals surface area contributed by atoms with Gasteiger partial charge in [-0.05, 0) is 36.4 Å². The zero-order chi connectivity index (χ0) is 15.1. The zero-order valence-electron chi connectivity index (χ0n) is 13.4. The summed E-state index contributed by atoms with van der Waals surface area (Å²) in [6.07, 6.45) is 2.93. The molecule has 0 atom stereocenters. The summed E-state index contributed by atoms with van der Waals surface area (Å²) in [6, 6.07) is 2.09. The number of aromatic nitrogens is 1. The molecule has 0 aliphatic rings. The molecule has 0 spiro atoms. The lowest BCUT2D eigenvalue weighted by molar-refractivity contribution is 0.552. The normalized spacial score (nSPS) is 11.4. The number of rotatable bonds is 8. The molecule has 1 heterocycles. The van der Waals surface area contributed by atoms with Gasteiger partial charge in [0.2, 0.25) is 0 Å². The summed E-state index contributed by atoms with van der Waals surface area (Å²) < 4.78 is 0. The third-order valence-electron chi connectivity index (χ3n) is 3.22. The van der Waals surface area contributed by atoms with Crippen LogP contribution in [-0.2, 0) is 6.54 Å². The van der Waals surface area contributed by atoms with Gasteiger partial charge in [-0.25, -0.2) is 4.98 Å². The Morgan fingerprint density at radius 1 is 1.25 bits per heavy atom. The minimum absolute atomic E-state index is 0.642. The fourth-order valence-electron chi connectivity index (χ4n) is 1.87. The number of halogens is 1. The predicted molar refractivity (Wildman–Crippen MR) is 88.5 cm³/mol. The van der Waals surface area contributed by atoms with Crippen molar-refractivity contribution < 1.29 is 0 Å². The molecule has 0 bridgehead atoms. The van der Waals surface area contributed by atoms with E-state index in [0.29, 0.717) is 11.8 Å². The van der Waals surface area contributed by atoms with Crippen LogP contribution in [0.4, 0.5) is 5.82 Å². The molecule has 0 fully saturated rings. The van der Waals surface area contributed by atoms with Crippen molar-refractivity contribution in [2.24, 2.45) is 11.8 Å². The Balaban J connectivity index is 2.64. The van der Waals surface area contributed by atoms with Crippen molar-refractivity contribution in [2.45, 2.75) is 40.7 Å². The Labute approximate surface area is 128 Å². The van der Waals surface area contributed by atoms with E-state index in [1.165, 1.54) is 6.42 Å². The lowest BCUT2D eigenvalue weighted by atomic mass is 10.1. The molecule has 114 valence electrons. The molecule has 0 aromatic carbocycles. The predicted octanol–water partition coefficient (Wildman–Crippen LogP) is 3.96. The minimum atomic E-state index is 0.642. The maximum absolute atomic E-state index is 6.22. The smallest absolute Gasteiger partial charge is 0.128 e. The summed E-state index contributed by atoms with van der Waals surface area (Å²) in [4.78, 5) is 6.62. The largest absolute Gasteiger partial charge is 0.360 e. The number of pyridine rings is 1. The van der Waals surface area contributed by atoms with Gasteiger partial charge in [0.05, 0.1) is 5.02 Å². The quantitative estimate of drug-likeness (QED) is 0.787. The lowest BCUT2D eigenvalue weighted by Crippen LogP contribution is -2.22. The van der Waals surface area contributed by atoms with Gasteiger partial charge < -0.3 is 10.2 Å². The highest BCUT2D eigenvalue weighted by Gasteiger charge is 2.08. The second-order valence-corrected chi connectivity index (χ2v) is 6.67. The summed E-state index contributed by atoms with van der Waals surface area (Å²) >= 11 is 6.22. The molecule has 0 unspecified atom stereocenters. The molecule has 1 N–H and O–H groups in total. The summed E-state index contributed by atoms with van der Waals surface area (Å²) in [5, 5.41) is 4.17. The molecule has 1 aromatic heterocycles. The number of nitrogens with one attached hydrogen (secondary N) is 1. The highest BCUT2D eigenvalue weighted by atomic mass is 35.5. The van der Waals surface area contributed by atoms with Crippen LogP contribution in [0.25, 0.3) is 0 Å². The van der Waals surface area contributed by atoms with E-state index in [1.807, 2.05) is 0 Å². The van der Waals surface area contributed by atoms with Gasteiger partial charge in [-0.15, -0.1) is 0 Å². The number of hydrogen-bond donors (Lipinski definition) is 1. The topological polar surface area (TPSA) is 28.2 Å². The standard InChI is InChI=1S/C16H28ClN3/c1-12(2)6-7-20(5)16-8-14(15(17)11-19-16)10-18-9-13(3)4/h8,11-13,18H,6-7,9-10H2,1-5H3. The summed E-state index contributed by atoms with van der Waals surface area (Å²) in [7, 11) is 2.09. The molecular weight excluding hydrogens is 270 g/mol. The van der Waals surface area contributed by atoms with E-state index < -0.39 is 0 Å². The van der Waals surface area contributed by atoms with Gasteiger partial charge in [0.15, 0.2) is 0 Å². The average Bonchev–Trinajstić information content (AvgIpc) is 2.37. The molecule has 0 amide bonds. The van der Waals surface area contributed by atoms with Gasteiger partial charge in [0.1, 0.15) is 5.82 Å². The Morgan fingerprint density at radius 3 is 2.55 bits per heavy atom. The SMILES string of the molecule is CC(C)CCN(C)c1cc(CNCC(C)C)c(Cl)cn1. The Hall–Kier alpha value is -0.800. The van der Waals surface area contributed by atoms with Gasteiger partial charge in [0, 0.05) is 26.3 Å². The first-order valence-corrected chi connectivity index (χ1v) is 7.84. The first-order valence-electron chi connectivity index (χ1n) is 7.46. The van der Waals surface area contributed by atoms with E-state index in [2.05, 4.69) is 56.0 Å². The Kier molecular flexibility index (Phi) is 7.31. The van der Waals surface area contributed by atoms with Crippen LogP contribution in [0.2, 0.25) is 5.02 Å². The maximum Gasteiger partial charge on any atom is 0.128 e. The highest BCUT2D eigenvalue weighted by molar-refractivity contribution is 6.31. The van der Waals surface area contributed by atoms with E-state index in [0.717, 1.165) is 36.0 Å². The van der Waals surface area contributed by atoms with Gasteiger partial charge >= 0.3 is 0 Å². The zero-order valence-corrected chi connectivity index (χ0v) is 14.2. The van der Waals surface area contributed by atoms with Crippen LogP contribution < -0.4 is 10.2 Å². The third-order valence-corrected chi connectivity index (χ3v) is 3.56. The molecule has 0 saturated heterocycles. The van der Waals surface area contributed by atoms with Crippen LogP contribution in [0, 0.1) is 11.8 Å². The molecule has 1 rings (SSSR count). The lowest BCUT2D eigenvalue weighted by Gasteiger charge is -2.20. The summed E-state index contributed by atoms with van der Waals surface area (Å²) in [5.41, 5.74) is 1.12. The van der Waals surface area contributed by atoms with E-state index >= 15 is 0 Å². The second kappa shape index (κ2) is 8.48. The van der Waals surface area contributed by atoms with Crippen molar-refractivity contribution in [1.29, 1.82) is 0 Å². The average molecular weight is 298 g/mol. The van der Waals surface area contributed by atoms with Crippen molar-refractivity contribution in [3.63, 3.8) is 0 Å². The van der Waals surface area contributed by atoms with E-state index in [-0.39, 0.29) is 0 Å². The van der Waals surface area contributed by atoms with Crippen LogP contribution in [-0.4, -0.2) is 25.1 Å². The number of nitrogens with zero attached hydrogens (tertiary/aromatic N) is 2. The monoisotopic (exact) mass is 297 g/mol. The second-order valence-electron chi connectivity index (χ2n) is 6.26. The van der Waals surface area contributed by atoms with Crippen molar-refractivity contribution in [1.82, 2.24) is 10.3 Å². The Morgan fingerprint density at radius 2 is 1.95 bits per heavy atom. The molecule has 0 radical (unpaired) electrons. The fourth-order valence-corrected chi connectivity index (χ4v) is 2.04. The van der Waals surface area contributed by atoms with Crippen molar-refractivity contribution in [3.8, 4) is 0 Å². The van der Waals surface area contributed by atoms with Gasteiger partial charge in [-0.2, -0.15) is 0 Å². The number of hydrogen-bond acceptors (Lipinski definition) is 3. The molecule has 0 saturated carbocycles. The maximum atomic E-state index is 6.22. The molecule has 0 aliphatic carbocycles. The Bertz CT molecular complexity index is 405. The van der Waals surface area contributed by atoms with E-state index in [1.54, 1.807) is 6.20 Å². The summed E-state index contributed by atoms with van der Waals surface area (Å²) in [6.45, 7) is 11.7. The highest BCUT2D eigenvalue weighted by Crippen LogP contribution is 2.20. The van der Waals surface area contributed by atoms with Crippen LogP contribution in [0.1, 0.15) is 39.7 Å². The third kappa shape index (κ3) is 6.10. The molecule has 3 nitrogen and oxygen atoms in total. The van der Waals surface area contributed by atoms with Crippen LogP contribution in [0.5, 0.6) is 0 Å². The fraction of sp³-hybridized carbons (Fsp3) is 0.688. The van der Waals surface area contributed by atoms with Crippen LogP contribution in [0.15, 0.2) is 12.3 Å². The minimum Gasteiger partial charge on any atom is -0.360 e. The first-order chi connectivity index (χ1) is 9.40. The molecule has 20 heavy (non-hydrogen) atoms. The van der Waals surface area contributed by atoms with E-state index in [4.69, 9.17) is 11.6 Å². The summed E-state index contributed by atoms with van der Waals surface area (Å²) in [5.74, 6) is 2.34.